The zero-order chi connectivity index (χ0) is 11.5. The van der Waals surface area contributed by atoms with Gasteiger partial charge in [-0.3, -0.25) is 4.57 Å². The number of halogens is 1. The fraction of sp³-hybridized carbons (Fsp3) is 0.333. The van der Waals surface area contributed by atoms with E-state index in [-0.39, 0.29) is 12.2 Å². The summed E-state index contributed by atoms with van der Waals surface area (Å²) >= 11 is 0. The molecule has 0 radical (unpaired) electrons. The molecule has 1 aromatic rings. The lowest BCUT2D eigenvalue weighted by molar-refractivity contribution is 0.212. The smallest absolute Gasteiger partial charge is 0.365 e. The Bertz CT molecular complexity index is 376. The van der Waals surface area contributed by atoms with Crippen LogP contribution in [0, 0.1) is 5.82 Å². The summed E-state index contributed by atoms with van der Waals surface area (Å²) in [5.41, 5.74) is 0. The van der Waals surface area contributed by atoms with E-state index in [4.69, 9.17) is 14.5 Å². The van der Waals surface area contributed by atoms with Crippen LogP contribution in [0.5, 0.6) is 5.75 Å². The minimum absolute atomic E-state index is 0.110. The molecule has 1 rings (SSSR count). The van der Waals surface area contributed by atoms with Crippen molar-refractivity contribution in [3.8, 4) is 5.75 Å². The molecule has 0 aliphatic rings. The summed E-state index contributed by atoms with van der Waals surface area (Å²) in [6.07, 6.45) is 0.110. The Morgan fingerprint density at radius 1 is 1.47 bits per heavy atom. The topological polar surface area (TPSA) is 66.8 Å². The van der Waals surface area contributed by atoms with Crippen LogP contribution in [0.3, 0.4) is 0 Å². The maximum atomic E-state index is 13.1. The van der Waals surface area contributed by atoms with Gasteiger partial charge in [0.25, 0.3) is 0 Å². The van der Waals surface area contributed by atoms with Crippen molar-refractivity contribution >= 4 is 7.60 Å². The van der Waals surface area contributed by atoms with Gasteiger partial charge in [0, 0.05) is 0 Å². The van der Waals surface area contributed by atoms with E-state index in [9.17, 15) is 8.96 Å². The summed E-state index contributed by atoms with van der Waals surface area (Å²) in [6, 6.07) is 5.50. The van der Waals surface area contributed by atoms with Crippen LogP contribution in [-0.4, -0.2) is 15.6 Å². The highest BCUT2D eigenvalue weighted by Gasteiger charge is 2.29. The van der Waals surface area contributed by atoms with Crippen molar-refractivity contribution < 1.29 is 23.5 Å². The predicted octanol–water partition coefficient (Wildman–Crippen LogP) is 2.12. The normalized spacial score (nSPS) is 13.6. The van der Waals surface area contributed by atoms with Crippen molar-refractivity contribution in [2.75, 3.05) is 0 Å². The van der Waals surface area contributed by atoms with Crippen LogP contribution in [0.2, 0.25) is 0 Å². The van der Waals surface area contributed by atoms with Gasteiger partial charge in [-0.1, -0.05) is 19.1 Å². The molecular formula is C9H12FO4P. The molecule has 0 bridgehead atoms. The van der Waals surface area contributed by atoms with Crippen molar-refractivity contribution in [2.45, 2.75) is 19.2 Å². The lowest BCUT2D eigenvalue weighted by Gasteiger charge is -2.18. The van der Waals surface area contributed by atoms with E-state index in [2.05, 4.69) is 0 Å². The van der Waals surface area contributed by atoms with Crippen molar-refractivity contribution in [3.63, 3.8) is 0 Å². The molecule has 15 heavy (non-hydrogen) atoms. The van der Waals surface area contributed by atoms with Crippen LogP contribution in [0.4, 0.5) is 4.39 Å². The third-order valence-electron chi connectivity index (χ3n) is 1.82. The third kappa shape index (κ3) is 3.30. The van der Waals surface area contributed by atoms with Gasteiger partial charge in [0.2, 0.25) is 0 Å². The molecule has 0 fully saturated rings. The minimum Gasteiger partial charge on any atom is -0.475 e. The van der Waals surface area contributed by atoms with Gasteiger partial charge in [0.1, 0.15) is 0 Å². The molecule has 0 saturated carbocycles. The zero-order valence-corrected chi connectivity index (χ0v) is 9.02. The standard InChI is InChI=1S/C9H12FO4P/c1-2-9(15(11,12)13)14-8-6-4-3-5-7(8)10/h3-6,9H,2H2,1H3,(H2,11,12,13). The van der Waals surface area contributed by atoms with Crippen molar-refractivity contribution in [3.05, 3.63) is 30.1 Å². The van der Waals surface area contributed by atoms with Gasteiger partial charge in [0.05, 0.1) is 0 Å². The van der Waals surface area contributed by atoms with Crippen molar-refractivity contribution in [1.29, 1.82) is 0 Å². The van der Waals surface area contributed by atoms with Crippen LogP contribution in [0.1, 0.15) is 13.3 Å². The monoisotopic (exact) mass is 234 g/mol. The van der Waals surface area contributed by atoms with E-state index < -0.39 is 19.3 Å². The average molecular weight is 234 g/mol. The maximum absolute atomic E-state index is 13.1. The Kier molecular flexibility index (Phi) is 3.85. The fourth-order valence-corrected chi connectivity index (χ4v) is 1.80. The van der Waals surface area contributed by atoms with Crippen molar-refractivity contribution in [1.82, 2.24) is 0 Å². The summed E-state index contributed by atoms with van der Waals surface area (Å²) in [5.74, 6) is -2.08. The molecule has 2 N–H and O–H groups in total. The van der Waals surface area contributed by atoms with Gasteiger partial charge in [-0.2, -0.15) is 0 Å². The predicted molar refractivity (Wildman–Crippen MR) is 53.2 cm³/mol. The number of rotatable bonds is 4. The van der Waals surface area contributed by atoms with E-state index in [1.165, 1.54) is 24.3 Å². The third-order valence-corrected chi connectivity index (χ3v) is 3.04. The Balaban J connectivity index is 2.85. The molecule has 4 nitrogen and oxygen atoms in total. The molecule has 1 unspecified atom stereocenters. The zero-order valence-electron chi connectivity index (χ0n) is 8.13. The van der Waals surface area contributed by atoms with Crippen LogP contribution in [0.25, 0.3) is 0 Å². The summed E-state index contributed by atoms with van der Waals surface area (Å²) < 4.78 is 28.9. The first-order valence-corrected chi connectivity index (χ1v) is 6.09. The Labute approximate surface area is 86.9 Å². The molecule has 6 heteroatoms. The Morgan fingerprint density at radius 2 is 2.07 bits per heavy atom. The molecule has 84 valence electrons. The number of hydrogen-bond acceptors (Lipinski definition) is 2. The molecule has 1 atom stereocenters. The lowest BCUT2D eigenvalue weighted by atomic mass is 10.3. The quantitative estimate of drug-likeness (QED) is 0.783. The van der Waals surface area contributed by atoms with Crippen LogP contribution < -0.4 is 4.74 Å². The second-order valence-corrected chi connectivity index (χ2v) is 4.75. The molecule has 0 amide bonds. The number of hydrogen-bond donors (Lipinski definition) is 2. The molecule has 0 aliphatic heterocycles. The highest BCUT2D eigenvalue weighted by Crippen LogP contribution is 2.43. The highest BCUT2D eigenvalue weighted by atomic mass is 31.2. The summed E-state index contributed by atoms with van der Waals surface area (Å²) in [4.78, 5) is 17.8. The van der Waals surface area contributed by atoms with Gasteiger partial charge in [-0.25, -0.2) is 4.39 Å². The second kappa shape index (κ2) is 4.75. The molecule has 0 aromatic heterocycles. The van der Waals surface area contributed by atoms with E-state index in [1.807, 2.05) is 0 Å². The highest BCUT2D eigenvalue weighted by molar-refractivity contribution is 7.52. The van der Waals surface area contributed by atoms with Crippen LogP contribution in [0.15, 0.2) is 24.3 Å². The summed E-state index contributed by atoms with van der Waals surface area (Å²) in [7, 11) is -4.35. The first-order valence-electron chi connectivity index (χ1n) is 4.41. The Morgan fingerprint density at radius 3 is 2.53 bits per heavy atom. The average Bonchev–Trinajstić information content (AvgIpc) is 2.14. The molecule has 0 saturated heterocycles. The fourth-order valence-electron chi connectivity index (χ4n) is 1.08. The molecule has 1 aromatic carbocycles. The first kappa shape index (κ1) is 12.2. The van der Waals surface area contributed by atoms with Gasteiger partial charge in [-0.05, 0) is 18.6 Å². The minimum atomic E-state index is -4.35. The summed E-state index contributed by atoms with van der Waals surface area (Å²) in [5, 5.41) is 0. The second-order valence-electron chi connectivity index (χ2n) is 3.00. The molecule has 0 aliphatic carbocycles. The van der Waals surface area contributed by atoms with E-state index in [0.717, 1.165) is 0 Å². The Hall–Kier alpha value is -0.900. The van der Waals surface area contributed by atoms with Gasteiger partial charge in [-0.15, -0.1) is 0 Å². The van der Waals surface area contributed by atoms with Gasteiger partial charge >= 0.3 is 7.60 Å². The number of ether oxygens (including phenoxy) is 1. The number of benzene rings is 1. The van der Waals surface area contributed by atoms with Crippen LogP contribution in [-0.2, 0) is 4.57 Å². The molecule has 0 spiro atoms. The molecule has 0 heterocycles. The van der Waals surface area contributed by atoms with E-state index >= 15 is 0 Å². The lowest BCUT2D eigenvalue weighted by Crippen LogP contribution is -2.16. The van der Waals surface area contributed by atoms with Gasteiger partial charge < -0.3 is 14.5 Å². The SMILES string of the molecule is CCC(Oc1ccccc1F)P(=O)(O)O. The largest absolute Gasteiger partial charge is 0.475 e. The van der Waals surface area contributed by atoms with E-state index in [0.29, 0.717) is 0 Å². The number of para-hydroxylation sites is 1. The van der Waals surface area contributed by atoms with Crippen LogP contribution >= 0.6 is 7.60 Å². The molecular weight excluding hydrogens is 222 g/mol. The van der Waals surface area contributed by atoms with Crippen molar-refractivity contribution in [2.24, 2.45) is 0 Å². The summed E-state index contributed by atoms with van der Waals surface area (Å²) in [6.45, 7) is 1.56. The first-order chi connectivity index (χ1) is 6.95. The van der Waals surface area contributed by atoms with Gasteiger partial charge in [0.15, 0.2) is 17.4 Å². The maximum Gasteiger partial charge on any atom is 0.365 e. The van der Waals surface area contributed by atoms with E-state index in [1.54, 1.807) is 6.92 Å².